The molecule has 88 valence electrons. The van der Waals surface area contributed by atoms with Gasteiger partial charge in [0.2, 0.25) is 0 Å². The van der Waals surface area contributed by atoms with Crippen molar-refractivity contribution in [1.82, 2.24) is 15.1 Å². The first kappa shape index (κ1) is 11.3. The lowest BCUT2D eigenvalue weighted by molar-refractivity contribution is 0.0711. The summed E-state index contributed by atoms with van der Waals surface area (Å²) in [4.78, 5) is 12.5. The lowest BCUT2D eigenvalue weighted by atomic mass is 9.72. The van der Waals surface area contributed by atoms with Gasteiger partial charge in [-0.15, -0.1) is 0 Å². The molecule has 1 aromatic rings. The predicted molar refractivity (Wildman–Crippen MR) is 62.4 cm³/mol. The van der Waals surface area contributed by atoms with Crippen molar-refractivity contribution in [2.45, 2.75) is 26.2 Å². The van der Waals surface area contributed by atoms with Gasteiger partial charge in [0.1, 0.15) is 5.69 Å². The van der Waals surface area contributed by atoms with Crippen molar-refractivity contribution in [1.29, 1.82) is 0 Å². The molecule has 0 saturated carbocycles. The highest BCUT2D eigenvalue weighted by Crippen LogP contribution is 2.35. The molecule has 0 amide bonds. The molecule has 0 atom stereocenters. The monoisotopic (exact) mass is 221 g/mol. The van der Waals surface area contributed by atoms with Crippen LogP contribution in [0.25, 0.3) is 0 Å². The molecule has 16 heavy (non-hydrogen) atoms. The second kappa shape index (κ2) is 4.37. The van der Waals surface area contributed by atoms with Crippen LogP contribution in [0.4, 0.5) is 0 Å². The van der Waals surface area contributed by atoms with Crippen molar-refractivity contribution < 1.29 is 4.79 Å². The number of nitrogens with zero attached hydrogens (tertiary/aromatic N) is 2. The van der Waals surface area contributed by atoms with Crippen LogP contribution in [0.15, 0.2) is 12.3 Å². The Kier molecular flexibility index (Phi) is 3.10. The molecule has 0 aliphatic carbocycles. The summed E-state index contributed by atoms with van der Waals surface area (Å²) < 4.78 is 1.69. The van der Waals surface area contributed by atoms with Crippen molar-refractivity contribution in [2.24, 2.45) is 12.5 Å². The van der Waals surface area contributed by atoms with E-state index in [1.807, 2.05) is 19.3 Å². The average Bonchev–Trinajstić information content (AvgIpc) is 2.76. The van der Waals surface area contributed by atoms with Crippen LogP contribution in [0.2, 0.25) is 0 Å². The van der Waals surface area contributed by atoms with Gasteiger partial charge in [-0.2, -0.15) is 5.10 Å². The van der Waals surface area contributed by atoms with Gasteiger partial charge in [-0.3, -0.25) is 9.48 Å². The molecule has 1 N–H and O–H groups in total. The highest BCUT2D eigenvalue weighted by atomic mass is 16.1. The maximum absolute atomic E-state index is 12.5. The van der Waals surface area contributed by atoms with E-state index in [0.29, 0.717) is 5.69 Å². The minimum absolute atomic E-state index is 0.181. The van der Waals surface area contributed by atoms with E-state index in [0.717, 1.165) is 32.4 Å². The summed E-state index contributed by atoms with van der Waals surface area (Å²) in [5, 5.41) is 7.53. The lowest BCUT2D eigenvalue weighted by Crippen LogP contribution is -2.42. The van der Waals surface area contributed by atoms with Gasteiger partial charge < -0.3 is 5.32 Å². The standard InChI is InChI=1S/C12H19N3O/c1-3-12(5-7-13-8-6-12)11(16)10-4-9-15(2)14-10/h4,9,13H,3,5-8H2,1-2H3. The topological polar surface area (TPSA) is 46.9 Å². The highest BCUT2D eigenvalue weighted by molar-refractivity contribution is 5.98. The third-order valence-electron chi connectivity index (χ3n) is 3.67. The number of aromatic nitrogens is 2. The summed E-state index contributed by atoms with van der Waals surface area (Å²) in [6.45, 7) is 3.98. The zero-order valence-electron chi connectivity index (χ0n) is 9.99. The number of ketones is 1. The third kappa shape index (κ3) is 1.89. The number of carbonyl (C=O) groups excluding carboxylic acids is 1. The van der Waals surface area contributed by atoms with Gasteiger partial charge in [0.15, 0.2) is 5.78 Å². The molecule has 2 rings (SSSR count). The van der Waals surface area contributed by atoms with Gasteiger partial charge in [0, 0.05) is 18.7 Å². The Morgan fingerprint density at radius 2 is 2.25 bits per heavy atom. The Hall–Kier alpha value is -1.16. The summed E-state index contributed by atoms with van der Waals surface area (Å²) in [7, 11) is 1.85. The fourth-order valence-corrected chi connectivity index (χ4v) is 2.45. The van der Waals surface area contributed by atoms with Gasteiger partial charge in [0.05, 0.1) is 0 Å². The van der Waals surface area contributed by atoms with E-state index in [1.165, 1.54) is 0 Å². The first-order valence-corrected chi connectivity index (χ1v) is 5.93. The van der Waals surface area contributed by atoms with Crippen molar-refractivity contribution in [3.8, 4) is 0 Å². The Balaban J connectivity index is 2.24. The van der Waals surface area contributed by atoms with Crippen molar-refractivity contribution in [2.75, 3.05) is 13.1 Å². The summed E-state index contributed by atoms with van der Waals surface area (Å²) in [5.41, 5.74) is 0.436. The van der Waals surface area contributed by atoms with Crippen LogP contribution in [-0.2, 0) is 7.05 Å². The Morgan fingerprint density at radius 3 is 2.75 bits per heavy atom. The number of aryl methyl sites for hydroxylation is 1. The Labute approximate surface area is 96.0 Å². The number of hydrogen-bond donors (Lipinski definition) is 1. The number of nitrogens with one attached hydrogen (secondary N) is 1. The zero-order chi connectivity index (χ0) is 11.6. The average molecular weight is 221 g/mol. The summed E-state index contributed by atoms with van der Waals surface area (Å²) in [6.07, 6.45) is 4.60. The molecule has 0 radical (unpaired) electrons. The second-order valence-electron chi connectivity index (χ2n) is 4.59. The predicted octanol–water partition coefficient (Wildman–Crippen LogP) is 1.38. The minimum Gasteiger partial charge on any atom is -0.317 e. The molecule has 1 aliphatic heterocycles. The van der Waals surface area contributed by atoms with E-state index in [-0.39, 0.29) is 11.2 Å². The van der Waals surface area contributed by atoms with Crippen molar-refractivity contribution in [3.05, 3.63) is 18.0 Å². The third-order valence-corrected chi connectivity index (χ3v) is 3.67. The Bertz CT molecular complexity index is 377. The van der Waals surface area contributed by atoms with Gasteiger partial charge in [0.25, 0.3) is 0 Å². The number of carbonyl (C=O) groups is 1. The molecule has 1 saturated heterocycles. The van der Waals surface area contributed by atoms with E-state index in [9.17, 15) is 4.79 Å². The SMILES string of the molecule is CCC1(C(=O)c2ccn(C)n2)CCNCC1. The summed E-state index contributed by atoms with van der Waals surface area (Å²) in [6, 6.07) is 1.82. The van der Waals surface area contributed by atoms with Crippen LogP contribution in [0.5, 0.6) is 0 Å². The first-order chi connectivity index (χ1) is 7.68. The highest BCUT2D eigenvalue weighted by Gasteiger charge is 2.39. The van der Waals surface area contributed by atoms with Gasteiger partial charge in [-0.1, -0.05) is 6.92 Å². The normalized spacial score (nSPS) is 19.6. The molecule has 4 heteroatoms. The molecule has 1 aromatic heterocycles. The van der Waals surface area contributed by atoms with E-state index in [4.69, 9.17) is 0 Å². The zero-order valence-corrected chi connectivity index (χ0v) is 9.99. The molecular weight excluding hydrogens is 202 g/mol. The van der Waals surface area contributed by atoms with Crippen molar-refractivity contribution >= 4 is 5.78 Å². The number of rotatable bonds is 3. The molecule has 1 aliphatic rings. The number of piperidine rings is 1. The van der Waals surface area contributed by atoms with Crippen LogP contribution in [-0.4, -0.2) is 28.7 Å². The maximum atomic E-state index is 12.5. The quantitative estimate of drug-likeness (QED) is 0.784. The molecule has 0 aromatic carbocycles. The van der Waals surface area contributed by atoms with Crippen LogP contribution in [0.3, 0.4) is 0 Å². The van der Waals surface area contributed by atoms with E-state index >= 15 is 0 Å². The van der Waals surface area contributed by atoms with Crippen LogP contribution >= 0.6 is 0 Å². The maximum Gasteiger partial charge on any atom is 0.189 e. The first-order valence-electron chi connectivity index (χ1n) is 5.93. The van der Waals surface area contributed by atoms with E-state index in [1.54, 1.807) is 4.68 Å². The summed E-state index contributed by atoms with van der Waals surface area (Å²) >= 11 is 0. The van der Waals surface area contributed by atoms with Crippen molar-refractivity contribution in [3.63, 3.8) is 0 Å². The molecule has 1 fully saturated rings. The van der Waals surface area contributed by atoms with E-state index < -0.39 is 0 Å². The minimum atomic E-state index is -0.181. The van der Waals surface area contributed by atoms with Gasteiger partial charge in [-0.25, -0.2) is 0 Å². The summed E-state index contributed by atoms with van der Waals surface area (Å²) in [5.74, 6) is 0.220. The molecule has 4 nitrogen and oxygen atoms in total. The molecule has 0 spiro atoms. The van der Waals surface area contributed by atoms with E-state index in [2.05, 4.69) is 17.3 Å². The van der Waals surface area contributed by atoms with Crippen LogP contribution < -0.4 is 5.32 Å². The van der Waals surface area contributed by atoms with Crippen LogP contribution in [0.1, 0.15) is 36.7 Å². The second-order valence-corrected chi connectivity index (χ2v) is 4.59. The number of Topliss-reactive ketones (excluding diaryl/α,β-unsaturated/α-hetero) is 1. The largest absolute Gasteiger partial charge is 0.317 e. The molecule has 0 unspecified atom stereocenters. The van der Waals surface area contributed by atoms with Gasteiger partial charge in [-0.05, 0) is 38.4 Å². The fraction of sp³-hybridized carbons (Fsp3) is 0.667. The number of hydrogen-bond acceptors (Lipinski definition) is 3. The van der Waals surface area contributed by atoms with Gasteiger partial charge >= 0.3 is 0 Å². The molecule has 0 bridgehead atoms. The fourth-order valence-electron chi connectivity index (χ4n) is 2.45. The Morgan fingerprint density at radius 1 is 1.56 bits per heavy atom. The smallest absolute Gasteiger partial charge is 0.189 e. The molecular formula is C12H19N3O. The lowest BCUT2D eigenvalue weighted by Gasteiger charge is -2.34. The molecule has 2 heterocycles. The van der Waals surface area contributed by atoms with Crippen LogP contribution in [0, 0.1) is 5.41 Å².